The van der Waals surface area contributed by atoms with Crippen molar-refractivity contribution in [1.82, 2.24) is 9.47 Å². The number of nitrogens with one attached hydrogen (secondary N) is 1. The van der Waals surface area contributed by atoms with Crippen molar-refractivity contribution >= 4 is 40.0 Å². The average molecular weight is 972 g/mol. The number of esters is 1. The Hall–Kier alpha value is -4.18. The molecule has 1 aromatic carbocycles. The second-order valence-electron chi connectivity index (χ2n) is 21.4. The number of carbonyl (C=O) groups excluding carboxylic acids is 4. The molecule has 14 unspecified atom stereocenters. The van der Waals surface area contributed by atoms with Crippen molar-refractivity contribution in [3.8, 4) is 0 Å². The Morgan fingerprint density at radius 2 is 1.70 bits per heavy atom. The highest BCUT2D eigenvalue weighted by Gasteiger charge is 2.56. The number of hydrogen-bond acceptors (Lipinski definition) is 12. The first kappa shape index (κ1) is 53.6. The minimum atomic E-state index is -2.51. The van der Waals surface area contributed by atoms with Gasteiger partial charge in [-0.2, -0.15) is 0 Å². The van der Waals surface area contributed by atoms with Crippen molar-refractivity contribution < 1.29 is 53.1 Å². The zero-order chi connectivity index (χ0) is 50.4. The van der Waals surface area contributed by atoms with Crippen molar-refractivity contribution in [3.05, 3.63) is 66.4 Å². The van der Waals surface area contributed by atoms with Crippen LogP contribution in [0.1, 0.15) is 131 Å². The molecule has 4 fully saturated rings. The fourth-order valence-electron chi connectivity index (χ4n) is 11.9. The number of fused-ring (bicyclic) bond motifs is 4. The van der Waals surface area contributed by atoms with E-state index in [1.807, 2.05) is 26.8 Å². The summed E-state index contributed by atoms with van der Waals surface area (Å²) in [6.45, 7) is 15.9. The molecule has 2 aromatic rings. The van der Waals surface area contributed by atoms with Crippen LogP contribution in [-0.2, 0) is 42.9 Å². The van der Waals surface area contributed by atoms with Crippen molar-refractivity contribution in [2.45, 2.75) is 186 Å². The molecular formula is C56H81N3O11. The SMILES string of the molecule is C=CCC1C=C(C)CC(C)CC(OC)C2OC(O)(C(=O)C(=O)N3CCCCC3C(=O)OC(C(C)=CC3CCC(Nc4ccc5c(ccn5C5CC5)c4)C(OCC)C3)C(C)C(O)CC1=O)C(C)CC2OC. The van der Waals surface area contributed by atoms with Gasteiger partial charge in [-0.05, 0) is 139 Å². The molecule has 70 heavy (non-hydrogen) atoms. The topological polar surface area (TPSA) is 175 Å². The van der Waals surface area contributed by atoms with Crippen molar-refractivity contribution in [3.63, 3.8) is 0 Å². The van der Waals surface area contributed by atoms with Crippen LogP contribution in [0.25, 0.3) is 10.9 Å². The van der Waals surface area contributed by atoms with Crippen LogP contribution < -0.4 is 5.32 Å². The summed E-state index contributed by atoms with van der Waals surface area (Å²) >= 11 is 0. The van der Waals surface area contributed by atoms with E-state index in [4.69, 9.17) is 23.7 Å². The molecule has 0 radical (unpaired) electrons. The number of carbonyl (C=O) groups is 4. The maximum atomic E-state index is 14.7. The summed E-state index contributed by atoms with van der Waals surface area (Å²) in [7, 11) is 3.08. The van der Waals surface area contributed by atoms with Crippen LogP contribution in [-0.4, -0.2) is 125 Å². The minimum Gasteiger partial charge on any atom is -0.456 e. The minimum absolute atomic E-state index is 0.00884. The fraction of sp³-hybridized carbons (Fsp3) is 0.679. The van der Waals surface area contributed by atoms with Gasteiger partial charge in [0.2, 0.25) is 5.79 Å². The van der Waals surface area contributed by atoms with E-state index in [1.54, 1.807) is 27.0 Å². The third-order valence-corrected chi connectivity index (χ3v) is 16.0. The number of ketones is 2. The molecule has 14 nitrogen and oxygen atoms in total. The summed E-state index contributed by atoms with van der Waals surface area (Å²) in [5.74, 6) is -7.62. The van der Waals surface area contributed by atoms with Gasteiger partial charge in [-0.15, -0.1) is 6.58 Å². The van der Waals surface area contributed by atoms with Crippen molar-refractivity contribution in [2.24, 2.45) is 29.6 Å². The van der Waals surface area contributed by atoms with Crippen LogP contribution in [0.4, 0.5) is 5.69 Å². The molecule has 0 spiro atoms. The van der Waals surface area contributed by atoms with Crippen LogP contribution in [0.3, 0.4) is 0 Å². The normalized spacial score (nSPS) is 35.9. The number of amides is 1. The van der Waals surface area contributed by atoms with E-state index >= 15 is 0 Å². The molecule has 2 saturated carbocycles. The van der Waals surface area contributed by atoms with Gasteiger partial charge in [-0.25, -0.2) is 4.79 Å². The van der Waals surface area contributed by atoms with Gasteiger partial charge < -0.3 is 48.7 Å². The lowest BCUT2D eigenvalue weighted by atomic mass is 9.80. The molecule has 2 saturated heterocycles. The standard InChI is InChI=1S/C56H81N3O11/c1-10-14-40-26-33(3)25-34(4)27-49(66-8)52-50(67-9)29-36(6)56(65,70-52)53(62)54(63)59-23-13-12-15-45(59)55(64)69-51(37(7)46(60)32-47(40)61)35(5)28-38-16-20-43(48(30-38)68-11-2)57-41-17-21-44-39(31-41)22-24-58(44)42-18-19-42/h10,17,21-22,24,26,28,31,34,36-38,40,42-43,45-46,48-52,57,60,65H,1,11-16,18-20,23,25,27,29-30,32H2,2-9H3. The number of aliphatic hydroxyl groups is 2. The number of piperidine rings is 1. The zero-order valence-electron chi connectivity index (χ0n) is 43.0. The molecule has 386 valence electrons. The summed E-state index contributed by atoms with van der Waals surface area (Å²) in [4.78, 5) is 58.9. The number of anilines is 1. The van der Waals surface area contributed by atoms with Gasteiger partial charge in [0.25, 0.3) is 11.7 Å². The number of aromatic nitrogens is 1. The number of nitrogens with zero attached hydrogens (tertiary/aromatic N) is 2. The van der Waals surface area contributed by atoms with Crippen molar-refractivity contribution in [2.75, 3.05) is 32.7 Å². The first-order valence-electron chi connectivity index (χ1n) is 26.2. The van der Waals surface area contributed by atoms with Gasteiger partial charge in [-0.3, -0.25) is 14.4 Å². The highest BCUT2D eigenvalue weighted by Crippen LogP contribution is 2.41. The van der Waals surface area contributed by atoms with E-state index in [1.165, 1.54) is 35.8 Å². The predicted molar refractivity (Wildman–Crippen MR) is 269 cm³/mol. The van der Waals surface area contributed by atoms with Gasteiger partial charge in [0.1, 0.15) is 24.0 Å². The second-order valence-corrected chi connectivity index (χ2v) is 21.4. The number of Topliss-reactive ketones (excluding diaryl/α,β-unsaturated/α-hetero) is 2. The van der Waals surface area contributed by atoms with Gasteiger partial charge in [0, 0.05) is 80.4 Å². The van der Waals surface area contributed by atoms with Gasteiger partial charge >= 0.3 is 5.97 Å². The number of hydrogen-bond donors (Lipinski definition) is 3. The van der Waals surface area contributed by atoms with Crippen LogP contribution in [0.15, 0.2) is 66.4 Å². The van der Waals surface area contributed by atoms with Crippen LogP contribution >= 0.6 is 0 Å². The Labute approximate surface area is 415 Å². The van der Waals surface area contributed by atoms with E-state index in [9.17, 15) is 29.4 Å². The number of allylic oxidation sites excluding steroid dienone is 4. The zero-order valence-corrected chi connectivity index (χ0v) is 43.0. The largest absolute Gasteiger partial charge is 0.456 e. The van der Waals surface area contributed by atoms with Crippen LogP contribution in [0.2, 0.25) is 0 Å². The molecule has 2 aliphatic carbocycles. The second kappa shape index (κ2) is 23.6. The molecule has 14 atom stereocenters. The third-order valence-electron chi connectivity index (χ3n) is 16.0. The first-order valence-corrected chi connectivity index (χ1v) is 26.2. The lowest BCUT2D eigenvalue weighted by Crippen LogP contribution is -2.64. The number of cyclic esters (lactones) is 1. The molecule has 3 aliphatic heterocycles. The monoisotopic (exact) mass is 972 g/mol. The highest BCUT2D eigenvalue weighted by molar-refractivity contribution is 6.39. The first-order chi connectivity index (χ1) is 33.5. The van der Waals surface area contributed by atoms with Gasteiger partial charge in [-0.1, -0.05) is 44.6 Å². The quantitative estimate of drug-likeness (QED) is 0.112. The summed E-state index contributed by atoms with van der Waals surface area (Å²) < 4.78 is 33.4. The summed E-state index contributed by atoms with van der Waals surface area (Å²) in [5, 5.41) is 29.2. The van der Waals surface area contributed by atoms with Crippen molar-refractivity contribution in [1.29, 1.82) is 0 Å². The Morgan fingerprint density at radius 1 is 0.957 bits per heavy atom. The lowest BCUT2D eigenvalue weighted by molar-refractivity contribution is -0.302. The van der Waals surface area contributed by atoms with E-state index in [0.717, 1.165) is 24.1 Å². The molecule has 2 bridgehead atoms. The van der Waals surface area contributed by atoms with E-state index < -0.39 is 77.8 Å². The number of methoxy groups -OCH3 is 2. The molecule has 4 heterocycles. The molecule has 7 rings (SSSR count). The Balaban J connectivity index is 1.17. The Kier molecular flexibility index (Phi) is 18.1. The number of rotatable bonds is 11. The maximum absolute atomic E-state index is 14.7. The summed E-state index contributed by atoms with van der Waals surface area (Å²) in [6, 6.07) is 8.29. The molecule has 5 aliphatic rings. The predicted octanol–water partition coefficient (Wildman–Crippen LogP) is 8.44. The molecule has 3 N–H and O–H groups in total. The Morgan fingerprint density at radius 3 is 2.40 bits per heavy atom. The average Bonchev–Trinajstić information content (AvgIpc) is 4.10. The number of benzene rings is 1. The van der Waals surface area contributed by atoms with Gasteiger partial charge in [0.15, 0.2) is 0 Å². The summed E-state index contributed by atoms with van der Waals surface area (Å²) in [5.41, 5.74) is 3.98. The molecular weight excluding hydrogens is 891 g/mol. The highest BCUT2D eigenvalue weighted by atomic mass is 16.7. The Bertz CT molecular complexity index is 2230. The number of aliphatic hydroxyl groups excluding tert-OH is 1. The molecule has 1 aromatic heterocycles. The van der Waals surface area contributed by atoms with E-state index in [2.05, 4.69) is 59.9 Å². The van der Waals surface area contributed by atoms with Crippen LogP contribution in [0, 0.1) is 29.6 Å². The molecule has 1 amide bonds. The smallest absolute Gasteiger partial charge is 0.329 e. The molecule has 14 heteroatoms. The lowest BCUT2D eigenvalue weighted by Gasteiger charge is -2.47. The summed E-state index contributed by atoms with van der Waals surface area (Å²) in [6.07, 6.45) is 11.3. The van der Waals surface area contributed by atoms with Gasteiger partial charge in [0.05, 0.1) is 30.5 Å². The third kappa shape index (κ3) is 12.2. The number of ether oxygens (including phenoxy) is 5. The van der Waals surface area contributed by atoms with E-state index in [-0.39, 0.29) is 55.6 Å². The van der Waals surface area contributed by atoms with Crippen LogP contribution in [0.5, 0.6) is 0 Å². The van der Waals surface area contributed by atoms with E-state index in [0.29, 0.717) is 56.7 Å². The fourth-order valence-corrected chi connectivity index (χ4v) is 11.9. The maximum Gasteiger partial charge on any atom is 0.329 e.